The SMILES string of the molecule is NC(=O)c1ccc(NC[C@H]2COc3ccccc3O2)c([N+](=O)[O-])c1. The Morgan fingerprint density at radius 2 is 2.04 bits per heavy atom. The van der Waals surface area contributed by atoms with Crippen LogP contribution in [0.25, 0.3) is 0 Å². The summed E-state index contributed by atoms with van der Waals surface area (Å²) in [4.78, 5) is 21.8. The molecule has 0 aromatic heterocycles. The second-order valence-electron chi connectivity index (χ2n) is 5.23. The summed E-state index contributed by atoms with van der Waals surface area (Å²) in [6.45, 7) is 0.641. The second kappa shape index (κ2) is 6.45. The molecule has 1 aliphatic rings. The third-order valence-corrected chi connectivity index (χ3v) is 3.57. The van der Waals surface area contributed by atoms with Gasteiger partial charge < -0.3 is 20.5 Å². The van der Waals surface area contributed by atoms with Crippen LogP contribution in [0.15, 0.2) is 42.5 Å². The smallest absolute Gasteiger partial charge is 0.293 e. The summed E-state index contributed by atoms with van der Waals surface area (Å²) in [7, 11) is 0. The van der Waals surface area contributed by atoms with Gasteiger partial charge in [0, 0.05) is 11.6 Å². The highest BCUT2D eigenvalue weighted by atomic mass is 16.6. The van der Waals surface area contributed by atoms with E-state index in [1.54, 1.807) is 6.07 Å². The monoisotopic (exact) mass is 329 g/mol. The molecule has 0 saturated heterocycles. The number of nitrogens with one attached hydrogen (secondary N) is 1. The van der Waals surface area contributed by atoms with E-state index < -0.39 is 10.8 Å². The molecule has 1 atom stereocenters. The minimum Gasteiger partial charge on any atom is -0.486 e. The third-order valence-electron chi connectivity index (χ3n) is 3.57. The van der Waals surface area contributed by atoms with E-state index in [9.17, 15) is 14.9 Å². The fourth-order valence-corrected chi connectivity index (χ4v) is 2.37. The minimum atomic E-state index is -0.717. The maximum Gasteiger partial charge on any atom is 0.293 e. The molecule has 124 valence electrons. The van der Waals surface area contributed by atoms with E-state index in [4.69, 9.17) is 15.2 Å². The average molecular weight is 329 g/mol. The number of nitrogens with zero attached hydrogens (tertiary/aromatic N) is 1. The number of amides is 1. The molecule has 0 bridgehead atoms. The van der Waals surface area contributed by atoms with Gasteiger partial charge in [0.2, 0.25) is 5.91 Å². The number of ether oxygens (including phenoxy) is 2. The van der Waals surface area contributed by atoms with Crippen LogP contribution in [0.1, 0.15) is 10.4 Å². The summed E-state index contributed by atoms with van der Waals surface area (Å²) < 4.78 is 11.4. The zero-order valence-electron chi connectivity index (χ0n) is 12.6. The molecule has 0 saturated carbocycles. The van der Waals surface area contributed by atoms with E-state index in [2.05, 4.69) is 5.32 Å². The van der Waals surface area contributed by atoms with Crippen molar-refractivity contribution in [3.05, 3.63) is 58.1 Å². The van der Waals surface area contributed by atoms with Gasteiger partial charge in [0.15, 0.2) is 11.5 Å². The van der Waals surface area contributed by atoms with Gasteiger partial charge in [0.05, 0.1) is 11.5 Å². The van der Waals surface area contributed by atoms with Gasteiger partial charge in [-0.1, -0.05) is 12.1 Å². The topological polar surface area (TPSA) is 117 Å². The summed E-state index contributed by atoms with van der Waals surface area (Å²) >= 11 is 0. The number of carbonyl (C=O) groups excluding carboxylic acids is 1. The first kappa shape index (κ1) is 15.6. The Hall–Kier alpha value is -3.29. The molecule has 3 rings (SSSR count). The van der Waals surface area contributed by atoms with E-state index in [1.165, 1.54) is 12.1 Å². The number of para-hydroxylation sites is 2. The van der Waals surface area contributed by atoms with Crippen molar-refractivity contribution >= 4 is 17.3 Å². The van der Waals surface area contributed by atoms with Crippen molar-refractivity contribution in [2.45, 2.75) is 6.10 Å². The van der Waals surface area contributed by atoms with Gasteiger partial charge in [-0.05, 0) is 24.3 Å². The average Bonchev–Trinajstić information content (AvgIpc) is 2.59. The number of hydrogen-bond acceptors (Lipinski definition) is 6. The van der Waals surface area contributed by atoms with Gasteiger partial charge in [0.25, 0.3) is 5.69 Å². The van der Waals surface area contributed by atoms with Crippen LogP contribution in [-0.2, 0) is 0 Å². The lowest BCUT2D eigenvalue weighted by Gasteiger charge is -2.26. The number of fused-ring (bicyclic) bond motifs is 1. The van der Waals surface area contributed by atoms with Gasteiger partial charge in [-0.3, -0.25) is 14.9 Å². The molecular formula is C16H15N3O5. The van der Waals surface area contributed by atoms with Crippen LogP contribution in [-0.4, -0.2) is 30.1 Å². The Balaban J connectivity index is 1.71. The summed E-state index contributed by atoms with van der Waals surface area (Å²) in [5, 5.41) is 14.1. The molecular weight excluding hydrogens is 314 g/mol. The van der Waals surface area contributed by atoms with Crippen LogP contribution in [0.4, 0.5) is 11.4 Å². The molecule has 2 aromatic rings. The van der Waals surface area contributed by atoms with Crippen LogP contribution >= 0.6 is 0 Å². The highest BCUT2D eigenvalue weighted by molar-refractivity contribution is 5.94. The Bertz CT molecular complexity index is 793. The lowest BCUT2D eigenvalue weighted by atomic mass is 10.1. The van der Waals surface area contributed by atoms with Gasteiger partial charge >= 0.3 is 0 Å². The summed E-state index contributed by atoms with van der Waals surface area (Å²) in [5.41, 5.74) is 5.30. The molecule has 24 heavy (non-hydrogen) atoms. The number of rotatable bonds is 5. The largest absolute Gasteiger partial charge is 0.486 e. The molecule has 3 N–H and O–H groups in total. The molecule has 0 radical (unpaired) electrons. The number of primary amides is 1. The second-order valence-corrected chi connectivity index (χ2v) is 5.23. The molecule has 2 aromatic carbocycles. The quantitative estimate of drug-likeness (QED) is 0.639. The Labute approximate surface area is 137 Å². The third kappa shape index (κ3) is 3.22. The number of anilines is 1. The fourth-order valence-electron chi connectivity index (χ4n) is 2.37. The maximum atomic E-state index is 11.2. The summed E-state index contributed by atoms with van der Waals surface area (Å²) in [6, 6.07) is 11.3. The normalized spacial score (nSPS) is 15.6. The van der Waals surface area contributed by atoms with Crippen LogP contribution in [0.5, 0.6) is 11.5 Å². The van der Waals surface area contributed by atoms with Crippen molar-refractivity contribution in [2.24, 2.45) is 5.73 Å². The lowest BCUT2D eigenvalue weighted by Crippen LogP contribution is -2.35. The number of nitro benzene ring substituents is 1. The minimum absolute atomic E-state index is 0.0819. The van der Waals surface area contributed by atoms with Crippen molar-refractivity contribution in [2.75, 3.05) is 18.5 Å². The number of hydrogen-bond donors (Lipinski definition) is 2. The number of nitrogens with two attached hydrogens (primary N) is 1. The molecule has 1 amide bonds. The van der Waals surface area contributed by atoms with Crippen molar-refractivity contribution in [3.63, 3.8) is 0 Å². The number of carbonyl (C=O) groups is 1. The highest BCUT2D eigenvalue weighted by Crippen LogP contribution is 2.31. The summed E-state index contributed by atoms with van der Waals surface area (Å²) in [5.74, 6) is 0.588. The standard InChI is InChI=1S/C16H15N3O5/c17-16(20)10-5-6-12(13(7-10)19(21)22)18-8-11-9-23-14-3-1-2-4-15(14)24-11/h1-7,11,18H,8-9H2,(H2,17,20)/t11-/m0/s1. The maximum absolute atomic E-state index is 11.2. The zero-order chi connectivity index (χ0) is 17.1. The van der Waals surface area contributed by atoms with E-state index in [0.29, 0.717) is 24.7 Å². The molecule has 1 heterocycles. The fraction of sp³-hybridized carbons (Fsp3) is 0.188. The lowest BCUT2D eigenvalue weighted by molar-refractivity contribution is -0.384. The zero-order valence-corrected chi connectivity index (χ0v) is 12.6. The molecule has 0 spiro atoms. The number of benzene rings is 2. The van der Waals surface area contributed by atoms with Crippen molar-refractivity contribution in [1.82, 2.24) is 0 Å². The van der Waals surface area contributed by atoms with Crippen LogP contribution in [0.2, 0.25) is 0 Å². The van der Waals surface area contributed by atoms with Crippen LogP contribution in [0, 0.1) is 10.1 Å². The first-order valence-corrected chi connectivity index (χ1v) is 7.25. The van der Waals surface area contributed by atoms with Gasteiger partial charge in [-0.2, -0.15) is 0 Å². The van der Waals surface area contributed by atoms with Gasteiger partial charge in [-0.25, -0.2) is 0 Å². The van der Waals surface area contributed by atoms with Crippen LogP contribution < -0.4 is 20.5 Å². The van der Waals surface area contributed by atoms with E-state index >= 15 is 0 Å². The highest BCUT2D eigenvalue weighted by Gasteiger charge is 2.22. The molecule has 8 heteroatoms. The van der Waals surface area contributed by atoms with E-state index in [-0.39, 0.29) is 23.0 Å². The summed E-state index contributed by atoms with van der Waals surface area (Å²) in [6.07, 6.45) is -0.296. The Kier molecular flexibility index (Phi) is 4.19. The molecule has 8 nitrogen and oxygen atoms in total. The van der Waals surface area contributed by atoms with Gasteiger partial charge in [-0.15, -0.1) is 0 Å². The van der Waals surface area contributed by atoms with Gasteiger partial charge in [0.1, 0.15) is 18.4 Å². The van der Waals surface area contributed by atoms with Crippen LogP contribution in [0.3, 0.4) is 0 Å². The molecule has 0 unspecified atom stereocenters. The number of nitro groups is 1. The molecule has 0 fully saturated rings. The van der Waals surface area contributed by atoms with Crippen molar-refractivity contribution in [1.29, 1.82) is 0 Å². The van der Waals surface area contributed by atoms with Crippen molar-refractivity contribution < 1.29 is 19.2 Å². The molecule has 1 aliphatic heterocycles. The van der Waals surface area contributed by atoms with E-state index in [0.717, 1.165) is 6.07 Å². The molecule has 0 aliphatic carbocycles. The van der Waals surface area contributed by atoms with E-state index in [1.807, 2.05) is 18.2 Å². The first-order chi connectivity index (χ1) is 11.5. The first-order valence-electron chi connectivity index (χ1n) is 7.25. The Morgan fingerprint density at radius 3 is 2.75 bits per heavy atom. The predicted molar refractivity (Wildman–Crippen MR) is 86.5 cm³/mol. The predicted octanol–water partition coefficient (Wildman–Crippen LogP) is 1.95. The van der Waals surface area contributed by atoms with Crippen molar-refractivity contribution in [3.8, 4) is 11.5 Å². The Morgan fingerprint density at radius 1 is 1.29 bits per heavy atom.